The Morgan fingerprint density at radius 1 is 0.583 bits per heavy atom. The zero-order valence-electron chi connectivity index (χ0n) is 18.3. The fraction of sp³-hybridized carbons (Fsp3) is 0.348. The van der Waals surface area contributed by atoms with E-state index in [0.29, 0.717) is 5.92 Å². The molecule has 0 radical (unpaired) electrons. The second-order valence-corrected chi connectivity index (χ2v) is 17.3. The molecule has 13 heteroatoms. The minimum atomic E-state index is -1.99. The van der Waals surface area contributed by atoms with Crippen LogP contribution in [0.5, 0.6) is 0 Å². The predicted octanol–water partition coefficient (Wildman–Crippen LogP) is 7.23. The van der Waals surface area contributed by atoms with Crippen molar-refractivity contribution in [2.75, 3.05) is 0 Å². The molecule has 0 unspecified atom stereocenters. The van der Waals surface area contributed by atoms with E-state index in [1.54, 1.807) is 0 Å². The SMILES string of the molecule is C.Cc1ccc([I+]c2ccc(C(C)C)cc2)cc1.ClC(Cl)(Cl)c1nc(C(Cl)(Cl)Cl)nc(C(Cl)(Cl)Cl)n1. The summed E-state index contributed by atoms with van der Waals surface area (Å²) < 4.78 is -2.97. The van der Waals surface area contributed by atoms with Gasteiger partial charge in [-0.2, -0.15) is 0 Å². The van der Waals surface area contributed by atoms with E-state index in [9.17, 15) is 0 Å². The average molecular weight is 786 g/mol. The lowest BCUT2D eigenvalue weighted by atomic mass is 10.0. The molecule has 0 aliphatic rings. The van der Waals surface area contributed by atoms with Crippen molar-refractivity contribution in [1.82, 2.24) is 15.0 Å². The maximum absolute atomic E-state index is 5.62. The first-order valence-electron chi connectivity index (χ1n) is 9.76. The topological polar surface area (TPSA) is 38.7 Å². The molecule has 0 fully saturated rings. The van der Waals surface area contributed by atoms with Crippen molar-refractivity contribution < 1.29 is 21.2 Å². The molecule has 0 aliphatic heterocycles. The van der Waals surface area contributed by atoms with Gasteiger partial charge in [-0.15, -0.1) is 0 Å². The summed E-state index contributed by atoms with van der Waals surface area (Å²) in [5.74, 6) is -0.359. The fourth-order valence-corrected chi connectivity index (χ4v) is 5.31. The second-order valence-electron chi connectivity index (χ2n) is 7.40. The summed E-state index contributed by atoms with van der Waals surface area (Å²) >= 11 is 50.6. The molecule has 0 N–H and O–H groups in total. The van der Waals surface area contributed by atoms with Crippen molar-refractivity contribution in [3.63, 3.8) is 0 Å². The Bertz CT molecular complexity index is 1030. The maximum atomic E-state index is 5.62. The van der Waals surface area contributed by atoms with E-state index in [1.165, 1.54) is 18.3 Å². The van der Waals surface area contributed by atoms with Gasteiger partial charge in [0.05, 0.1) is 0 Å². The fourth-order valence-electron chi connectivity index (χ4n) is 2.39. The van der Waals surface area contributed by atoms with Crippen LogP contribution in [0.3, 0.4) is 0 Å². The van der Waals surface area contributed by atoms with E-state index in [4.69, 9.17) is 104 Å². The van der Waals surface area contributed by atoms with Crippen molar-refractivity contribution in [2.45, 2.75) is 45.5 Å². The molecule has 2 aromatic carbocycles. The first kappa shape index (κ1) is 34.8. The van der Waals surface area contributed by atoms with Crippen molar-refractivity contribution in [3.8, 4) is 0 Å². The van der Waals surface area contributed by atoms with E-state index in [0.717, 1.165) is 0 Å². The number of halogens is 10. The van der Waals surface area contributed by atoms with Crippen LogP contribution >= 0.6 is 104 Å². The normalized spacial score (nSPS) is 12.0. The van der Waals surface area contributed by atoms with Gasteiger partial charge in [-0.05, 0) is 42.7 Å². The predicted molar refractivity (Wildman–Crippen MR) is 153 cm³/mol. The molecule has 0 amide bonds. The molecule has 36 heavy (non-hydrogen) atoms. The number of hydrogen-bond acceptors (Lipinski definition) is 3. The molecule has 3 nitrogen and oxygen atoms in total. The molecule has 3 aromatic rings. The van der Waals surface area contributed by atoms with Crippen molar-refractivity contribution in [1.29, 1.82) is 0 Å². The molecule has 0 aliphatic carbocycles. The molecular weight excluding hydrogens is 764 g/mol. The van der Waals surface area contributed by atoms with Crippen molar-refractivity contribution in [2.24, 2.45) is 0 Å². The van der Waals surface area contributed by atoms with Crippen LogP contribution in [0.2, 0.25) is 0 Å². The molecule has 1 heterocycles. The Hall–Kier alpha value is 0.790. The average Bonchev–Trinajstić information content (AvgIpc) is 2.74. The lowest BCUT2D eigenvalue weighted by Crippen LogP contribution is -3.61. The van der Waals surface area contributed by atoms with Gasteiger partial charge < -0.3 is 0 Å². The van der Waals surface area contributed by atoms with Crippen LogP contribution in [0.25, 0.3) is 0 Å². The van der Waals surface area contributed by atoms with Crippen LogP contribution in [-0.4, -0.2) is 15.0 Å². The van der Waals surface area contributed by atoms with Crippen molar-refractivity contribution >= 4 is 104 Å². The molecule has 198 valence electrons. The molecule has 0 bridgehead atoms. The summed E-state index contributed by atoms with van der Waals surface area (Å²) in [6.07, 6.45) is 0. The van der Waals surface area contributed by atoms with Crippen LogP contribution in [-0.2, 0) is 11.4 Å². The molecule has 1 aromatic heterocycles. The molecule has 0 saturated carbocycles. The minimum Gasteiger partial charge on any atom is -0.209 e. The lowest BCUT2D eigenvalue weighted by molar-refractivity contribution is -0.597. The Labute approximate surface area is 267 Å². The van der Waals surface area contributed by atoms with Crippen LogP contribution < -0.4 is 21.2 Å². The van der Waals surface area contributed by atoms with Gasteiger partial charge >= 0.3 is 21.2 Å². The highest BCUT2D eigenvalue weighted by molar-refractivity contribution is 6.68. The second kappa shape index (κ2) is 14.4. The number of aromatic nitrogens is 3. The Balaban J connectivity index is 0.000000351. The van der Waals surface area contributed by atoms with Crippen LogP contribution in [0, 0.1) is 14.1 Å². The van der Waals surface area contributed by atoms with E-state index in [2.05, 4.69) is 84.3 Å². The summed E-state index contributed by atoms with van der Waals surface area (Å²) in [5.41, 5.74) is 2.77. The third-order valence-corrected chi connectivity index (χ3v) is 8.37. The van der Waals surface area contributed by atoms with Crippen molar-refractivity contribution in [3.05, 3.63) is 84.3 Å². The molecule has 0 saturated heterocycles. The number of alkyl halides is 9. The van der Waals surface area contributed by atoms with Gasteiger partial charge in [0.25, 0.3) is 0 Å². The van der Waals surface area contributed by atoms with Gasteiger partial charge in [0.15, 0.2) is 24.6 Å². The van der Waals surface area contributed by atoms with Gasteiger partial charge in [0, 0.05) is 0 Å². The number of hydrogen-bond donors (Lipinski definition) is 0. The van der Waals surface area contributed by atoms with E-state index < -0.39 is 11.4 Å². The van der Waals surface area contributed by atoms with Crippen LogP contribution in [0.4, 0.5) is 0 Å². The standard InChI is InChI=1S/C16H18I.C6Cl9N3.CH4/c1-12(2)14-6-10-16(11-7-14)17-15-8-4-13(3)5-9-15;7-4(8,9)1-16-2(5(10,11)12)18-3(17-1)6(13,14)15;/h4-12H,1-3H3;;1H4/q+1;;. The van der Waals surface area contributed by atoms with Gasteiger partial charge in [-0.25, -0.2) is 15.0 Å². The highest BCUT2D eigenvalue weighted by Gasteiger charge is 2.37. The van der Waals surface area contributed by atoms with Gasteiger partial charge in [0.2, 0.25) is 11.4 Å². The monoisotopic (exact) mass is 782 g/mol. The summed E-state index contributed by atoms with van der Waals surface area (Å²) in [6.45, 7) is 6.62. The number of aryl methyl sites for hydroxylation is 1. The quantitative estimate of drug-likeness (QED) is 0.208. The Morgan fingerprint density at radius 3 is 1.17 bits per heavy atom. The Morgan fingerprint density at radius 2 is 0.889 bits per heavy atom. The van der Waals surface area contributed by atoms with Crippen LogP contribution in [0.1, 0.15) is 55.8 Å². The zero-order valence-corrected chi connectivity index (χ0v) is 27.3. The highest BCUT2D eigenvalue weighted by Crippen LogP contribution is 2.43. The molecular formula is C23H22Cl9IN3+. The largest absolute Gasteiger partial charge is 0.357 e. The first-order valence-corrected chi connectivity index (χ1v) is 15.3. The zero-order chi connectivity index (χ0) is 26.6. The number of nitrogens with zero attached hydrogens (tertiary/aromatic N) is 3. The Kier molecular flexibility index (Phi) is 14.0. The van der Waals surface area contributed by atoms with Gasteiger partial charge in [-0.3, -0.25) is 0 Å². The number of rotatable bonds is 3. The molecule has 0 atom stereocenters. The summed E-state index contributed by atoms with van der Waals surface area (Å²) in [4.78, 5) is 11.1. The van der Waals surface area contributed by atoms with Gasteiger partial charge in [-0.1, -0.05) is 156 Å². The van der Waals surface area contributed by atoms with E-state index >= 15 is 0 Å². The summed E-state index contributed by atoms with van der Waals surface area (Å²) in [7, 11) is 0. The van der Waals surface area contributed by atoms with E-state index in [1.807, 2.05) is 0 Å². The highest BCUT2D eigenvalue weighted by atomic mass is 127. The summed E-state index contributed by atoms with van der Waals surface area (Å²) in [6, 6.07) is 18.1. The minimum absolute atomic E-state index is 0. The third kappa shape index (κ3) is 11.5. The lowest BCUT2D eigenvalue weighted by Gasteiger charge is -2.17. The summed E-state index contributed by atoms with van der Waals surface area (Å²) in [5, 5.41) is 0. The smallest absolute Gasteiger partial charge is 0.209 e. The molecule has 0 spiro atoms. The first-order chi connectivity index (χ1) is 16.0. The maximum Gasteiger partial charge on any atom is 0.357 e. The van der Waals surface area contributed by atoms with E-state index in [-0.39, 0.29) is 46.1 Å². The number of benzene rings is 2. The third-order valence-electron chi connectivity index (χ3n) is 4.16. The molecule has 3 rings (SSSR count). The van der Waals surface area contributed by atoms with Crippen LogP contribution in [0.15, 0.2) is 48.5 Å². The van der Waals surface area contributed by atoms with Gasteiger partial charge in [0.1, 0.15) is 0 Å².